The van der Waals surface area contributed by atoms with E-state index in [4.69, 9.17) is 0 Å². The van der Waals surface area contributed by atoms with E-state index >= 15 is 0 Å². The lowest BCUT2D eigenvalue weighted by atomic mass is 10.0. The van der Waals surface area contributed by atoms with Crippen molar-refractivity contribution >= 4 is 22.6 Å². The molecule has 0 unspecified atom stereocenters. The van der Waals surface area contributed by atoms with Crippen LogP contribution in [0.25, 0.3) is 11.0 Å². The summed E-state index contributed by atoms with van der Waals surface area (Å²) in [7, 11) is 5.75. The van der Waals surface area contributed by atoms with Crippen LogP contribution in [0.5, 0.6) is 0 Å². The Balaban J connectivity index is 1.76. The van der Waals surface area contributed by atoms with Gasteiger partial charge in [0.05, 0.1) is 30.2 Å². The number of nitrogens with zero attached hydrogens (tertiary/aromatic N) is 5. The molecule has 1 amide bonds. The molecule has 2 N–H and O–H groups in total. The number of likely N-dealkylation sites (N-methyl/N-ethyl adjacent to an activating group) is 1. The van der Waals surface area contributed by atoms with Gasteiger partial charge in [0, 0.05) is 25.5 Å². The van der Waals surface area contributed by atoms with E-state index in [2.05, 4.69) is 25.4 Å². The Labute approximate surface area is 157 Å². The van der Waals surface area contributed by atoms with Crippen molar-refractivity contribution in [3.05, 3.63) is 39.6 Å². The van der Waals surface area contributed by atoms with Crippen molar-refractivity contribution in [2.24, 2.45) is 7.05 Å². The molecule has 9 nitrogen and oxygen atoms in total. The normalized spacial score (nSPS) is 11.5. The number of fused-ring (bicyclic) bond motifs is 1. The van der Waals surface area contributed by atoms with Crippen LogP contribution in [-0.4, -0.2) is 56.0 Å². The third-order valence-corrected chi connectivity index (χ3v) is 4.61. The number of nitrogens with one attached hydrogen (secondary N) is 2. The highest BCUT2D eigenvalue weighted by atomic mass is 16.1. The fourth-order valence-corrected chi connectivity index (χ4v) is 3.13. The van der Waals surface area contributed by atoms with Crippen molar-refractivity contribution in [2.75, 3.05) is 26.0 Å². The van der Waals surface area contributed by atoms with E-state index in [1.807, 2.05) is 34.1 Å². The third-order valence-electron chi connectivity index (χ3n) is 4.61. The molecular weight excluding hydrogens is 346 g/mol. The smallest absolute Gasteiger partial charge is 0.273 e. The van der Waals surface area contributed by atoms with Gasteiger partial charge in [0.2, 0.25) is 5.91 Å². The van der Waals surface area contributed by atoms with Crippen LogP contribution in [0.1, 0.15) is 16.8 Å². The van der Waals surface area contributed by atoms with E-state index in [9.17, 15) is 9.59 Å². The molecule has 0 aliphatic carbocycles. The van der Waals surface area contributed by atoms with Gasteiger partial charge in [-0.1, -0.05) is 0 Å². The first-order valence-corrected chi connectivity index (χ1v) is 8.78. The number of aromatic amines is 1. The minimum absolute atomic E-state index is 0.151. The van der Waals surface area contributed by atoms with E-state index in [1.165, 1.54) is 0 Å². The van der Waals surface area contributed by atoms with Gasteiger partial charge >= 0.3 is 0 Å². The molecule has 0 saturated heterocycles. The predicted molar refractivity (Wildman–Crippen MR) is 104 cm³/mol. The van der Waals surface area contributed by atoms with Crippen molar-refractivity contribution in [3.63, 3.8) is 0 Å². The second kappa shape index (κ2) is 7.36. The van der Waals surface area contributed by atoms with Gasteiger partial charge < -0.3 is 10.2 Å². The number of aryl methyl sites for hydroxylation is 3. The van der Waals surface area contributed by atoms with Gasteiger partial charge in [-0.05, 0) is 39.1 Å². The fourth-order valence-electron chi connectivity index (χ4n) is 3.13. The minimum atomic E-state index is -0.193. The lowest BCUT2D eigenvalue weighted by molar-refractivity contribution is -0.115. The van der Waals surface area contributed by atoms with E-state index < -0.39 is 0 Å². The summed E-state index contributed by atoms with van der Waals surface area (Å²) in [5.74, 6) is -0.165. The molecule has 0 aliphatic heterocycles. The Morgan fingerprint density at radius 2 is 2.07 bits per heavy atom. The van der Waals surface area contributed by atoms with Crippen LogP contribution < -0.4 is 10.9 Å². The van der Waals surface area contributed by atoms with Crippen molar-refractivity contribution in [1.29, 1.82) is 0 Å². The second-order valence-corrected chi connectivity index (χ2v) is 7.02. The van der Waals surface area contributed by atoms with Gasteiger partial charge in [0.25, 0.3) is 5.56 Å². The maximum absolute atomic E-state index is 12.5. The highest BCUT2D eigenvalue weighted by Crippen LogP contribution is 2.20. The zero-order valence-electron chi connectivity index (χ0n) is 16.3. The molecule has 0 aromatic carbocycles. The largest absolute Gasteiger partial charge is 0.323 e. The molecule has 0 radical (unpaired) electrons. The molecule has 0 atom stereocenters. The highest BCUT2D eigenvalue weighted by molar-refractivity contribution is 5.93. The van der Waals surface area contributed by atoms with E-state index in [1.54, 1.807) is 22.6 Å². The summed E-state index contributed by atoms with van der Waals surface area (Å²) < 4.78 is 3.40. The van der Waals surface area contributed by atoms with Crippen LogP contribution in [0.15, 0.2) is 17.2 Å². The summed E-state index contributed by atoms with van der Waals surface area (Å²) in [6.07, 6.45) is 3.60. The standard InChI is InChI=1S/C18H25N7O2/c1-11-14(12(2)20-17-16(11)18(27)22-24(17)5)8-15(26)21-13-9-19-25(10-13)7-6-23(3)4/h9-10H,6-8H2,1-5H3,(H,21,26)(H,22,27). The third kappa shape index (κ3) is 3.92. The minimum Gasteiger partial charge on any atom is -0.323 e. The fraction of sp³-hybridized carbons (Fsp3) is 0.444. The molecule has 0 saturated carbocycles. The number of hydrogen-bond donors (Lipinski definition) is 2. The maximum atomic E-state index is 12.5. The van der Waals surface area contributed by atoms with Gasteiger partial charge in [-0.15, -0.1) is 0 Å². The molecule has 0 bridgehead atoms. The van der Waals surface area contributed by atoms with E-state index in [0.717, 1.165) is 29.9 Å². The van der Waals surface area contributed by atoms with Crippen molar-refractivity contribution < 1.29 is 4.79 Å². The lowest BCUT2D eigenvalue weighted by Gasteiger charge is -2.10. The summed E-state index contributed by atoms with van der Waals surface area (Å²) in [6, 6.07) is 0. The molecule has 0 spiro atoms. The maximum Gasteiger partial charge on any atom is 0.273 e. The average Bonchev–Trinajstić information content (AvgIpc) is 3.14. The molecule has 27 heavy (non-hydrogen) atoms. The number of H-pyrrole nitrogens is 1. The van der Waals surface area contributed by atoms with Gasteiger partial charge in [-0.25, -0.2) is 4.98 Å². The molecule has 0 fully saturated rings. The number of amides is 1. The SMILES string of the molecule is Cc1nc2c(c(C)c1CC(=O)Nc1cnn(CCN(C)C)c1)c(=O)[nH]n2C. The number of hydrogen-bond acceptors (Lipinski definition) is 5. The Bertz CT molecular complexity index is 1040. The van der Waals surface area contributed by atoms with Crippen molar-refractivity contribution in [1.82, 2.24) is 29.4 Å². The number of rotatable bonds is 6. The topological polar surface area (TPSA) is 101 Å². The predicted octanol–water partition coefficient (Wildman–Crippen LogP) is 0.818. The van der Waals surface area contributed by atoms with E-state index in [0.29, 0.717) is 16.7 Å². The zero-order valence-corrected chi connectivity index (χ0v) is 16.3. The van der Waals surface area contributed by atoms with Crippen LogP contribution >= 0.6 is 0 Å². The Morgan fingerprint density at radius 3 is 2.78 bits per heavy atom. The first kappa shape index (κ1) is 18.8. The Kier molecular flexibility index (Phi) is 5.13. The van der Waals surface area contributed by atoms with Crippen LogP contribution in [0.2, 0.25) is 0 Å². The van der Waals surface area contributed by atoms with Gasteiger partial charge in [0.15, 0.2) is 5.65 Å². The second-order valence-electron chi connectivity index (χ2n) is 7.02. The van der Waals surface area contributed by atoms with Gasteiger partial charge in [-0.3, -0.25) is 24.1 Å². The monoisotopic (exact) mass is 371 g/mol. The van der Waals surface area contributed by atoms with Crippen LogP contribution in [0, 0.1) is 13.8 Å². The zero-order chi connectivity index (χ0) is 19.7. The quantitative estimate of drug-likeness (QED) is 0.668. The van der Waals surface area contributed by atoms with Crippen LogP contribution in [0.4, 0.5) is 5.69 Å². The molecule has 3 aromatic rings. The Hall–Kier alpha value is -2.94. The molecule has 3 heterocycles. The molecule has 0 aliphatic rings. The number of anilines is 1. The first-order valence-electron chi connectivity index (χ1n) is 8.78. The van der Waals surface area contributed by atoms with Crippen molar-refractivity contribution in [2.45, 2.75) is 26.8 Å². The summed E-state index contributed by atoms with van der Waals surface area (Å²) in [5.41, 5.74) is 3.36. The molecular formula is C18H25N7O2. The lowest BCUT2D eigenvalue weighted by Crippen LogP contribution is -2.18. The molecule has 3 aromatic heterocycles. The summed E-state index contributed by atoms with van der Waals surface area (Å²) in [6.45, 7) is 5.32. The summed E-state index contributed by atoms with van der Waals surface area (Å²) in [5, 5.41) is 10.4. The van der Waals surface area contributed by atoms with Gasteiger partial charge in [-0.2, -0.15) is 5.10 Å². The molecule has 9 heteroatoms. The van der Waals surface area contributed by atoms with Crippen LogP contribution in [-0.2, 0) is 24.8 Å². The van der Waals surface area contributed by atoms with Crippen molar-refractivity contribution in [3.8, 4) is 0 Å². The number of carbonyl (C=O) groups is 1. The van der Waals surface area contributed by atoms with E-state index in [-0.39, 0.29) is 17.9 Å². The Morgan fingerprint density at radius 1 is 1.33 bits per heavy atom. The number of aromatic nitrogens is 5. The summed E-state index contributed by atoms with van der Waals surface area (Å²) >= 11 is 0. The highest BCUT2D eigenvalue weighted by Gasteiger charge is 2.17. The van der Waals surface area contributed by atoms with Crippen LogP contribution in [0.3, 0.4) is 0 Å². The van der Waals surface area contributed by atoms with Gasteiger partial charge in [0.1, 0.15) is 0 Å². The first-order chi connectivity index (χ1) is 12.8. The summed E-state index contributed by atoms with van der Waals surface area (Å²) in [4.78, 5) is 31.2. The average molecular weight is 371 g/mol. The number of pyridine rings is 1. The number of carbonyl (C=O) groups excluding carboxylic acids is 1. The molecule has 3 rings (SSSR count). The molecule has 144 valence electrons.